The average molecular weight is 361 g/mol. The second kappa shape index (κ2) is 7.18. The largest absolute Gasteiger partial charge is 0.353 e. The fraction of sp³-hybridized carbons (Fsp3) is 0.474. The molecule has 3 rings (SSSR count). The van der Waals surface area contributed by atoms with Crippen molar-refractivity contribution in [1.29, 1.82) is 0 Å². The Kier molecular flexibility index (Phi) is 5.16. The van der Waals surface area contributed by atoms with Crippen molar-refractivity contribution in [3.63, 3.8) is 0 Å². The number of nitrogens with zero attached hydrogens (tertiary/aromatic N) is 2. The van der Waals surface area contributed by atoms with E-state index in [0.717, 1.165) is 31.5 Å². The standard InChI is InChI=1S/C19H25ClN4O/c1-18(2,15-5-3-6-16(20)13-15)14-22-17(25)19(7-10-21-11-8-19)24-12-4-9-23-24/h3-6,9,12-13,21H,7-8,10-11,14H2,1-2H3,(H,22,25). The van der Waals surface area contributed by atoms with Crippen LogP contribution in [-0.4, -0.2) is 35.3 Å². The van der Waals surface area contributed by atoms with E-state index in [4.69, 9.17) is 11.6 Å². The van der Waals surface area contributed by atoms with Gasteiger partial charge in [0.15, 0.2) is 0 Å². The molecule has 0 aliphatic carbocycles. The highest BCUT2D eigenvalue weighted by Crippen LogP contribution is 2.29. The van der Waals surface area contributed by atoms with Gasteiger partial charge < -0.3 is 10.6 Å². The smallest absolute Gasteiger partial charge is 0.248 e. The van der Waals surface area contributed by atoms with Gasteiger partial charge in [-0.15, -0.1) is 0 Å². The molecule has 1 aliphatic heterocycles. The number of amides is 1. The Morgan fingerprint density at radius 1 is 1.36 bits per heavy atom. The Morgan fingerprint density at radius 3 is 2.76 bits per heavy atom. The van der Waals surface area contributed by atoms with E-state index >= 15 is 0 Å². The fourth-order valence-corrected chi connectivity index (χ4v) is 3.59. The molecule has 1 aromatic carbocycles. The number of hydrogen-bond donors (Lipinski definition) is 2. The van der Waals surface area contributed by atoms with Crippen molar-refractivity contribution >= 4 is 17.5 Å². The number of halogens is 1. The second-order valence-electron chi connectivity index (χ2n) is 7.31. The highest BCUT2D eigenvalue weighted by Gasteiger charge is 2.42. The number of carbonyl (C=O) groups is 1. The Morgan fingerprint density at radius 2 is 2.12 bits per heavy atom. The maximum atomic E-state index is 13.1. The van der Waals surface area contributed by atoms with Crippen molar-refractivity contribution in [2.45, 2.75) is 37.6 Å². The van der Waals surface area contributed by atoms with Gasteiger partial charge in [0.25, 0.3) is 0 Å². The number of aromatic nitrogens is 2. The monoisotopic (exact) mass is 360 g/mol. The van der Waals surface area contributed by atoms with Crippen molar-refractivity contribution in [3.05, 3.63) is 53.3 Å². The van der Waals surface area contributed by atoms with Crippen molar-refractivity contribution < 1.29 is 4.79 Å². The van der Waals surface area contributed by atoms with Gasteiger partial charge in [0, 0.05) is 29.4 Å². The minimum absolute atomic E-state index is 0.0350. The summed E-state index contributed by atoms with van der Waals surface area (Å²) in [5.74, 6) is 0.0350. The van der Waals surface area contributed by atoms with E-state index in [2.05, 4.69) is 29.6 Å². The third kappa shape index (κ3) is 3.72. The molecule has 2 heterocycles. The molecular formula is C19H25ClN4O. The number of hydrogen-bond acceptors (Lipinski definition) is 3. The molecule has 2 aromatic rings. The van der Waals surface area contributed by atoms with Gasteiger partial charge in [-0.05, 0) is 49.7 Å². The molecule has 1 fully saturated rings. The van der Waals surface area contributed by atoms with Crippen LogP contribution >= 0.6 is 11.6 Å². The number of carbonyl (C=O) groups excluding carboxylic acids is 1. The molecule has 25 heavy (non-hydrogen) atoms. The maximum Gasteiger partial charge on any atom is 0.248 e. The van der Waals surface area contributed by atoms with Crippen LogP contribution in [0.5, 0.6) is 0 Å². The number of benzene rings is 1. The zero-order chi connectivity index (χ0) is 17.9. The van der Waals surface area contributed by atoms with E-state index in [9.17, 15) is 4.79 Å². The minimum Gasteiger partial charge on any atom is -0.353 e. The van der Waals surface area contributed by atoms with Crippen LogP contribution in [0.2, 0.25) is 5.02 Å². The molecule has 0 radical (unpaired) electrons. The van der Waals surface area contributed by atoms with Crippen molar-refractivity contribution in [1.82, 2.24) is 20.4 Å². The van der Waals surface area contributed by atoms with Gasteiger partial charge in [-0.3, -0.25) is 9.48 Å². The molecule has 0 atom stereocenters. The molecule has 0 saturated carbocycles. The Labute approximate surface area is 153 Å². The fourth-order valence-electron chi connectivity index (χ4n) is 3.40. The zero-order valence-electron chi connectivity index (χ0n) is 14.8. The average Bonchev–Trinajstić information content (AvgIpc) is 3.15. The van der Waals surface area contributed by atoms with E-state index in [1.165, 1.54) is 0 Å². The molecule has 0 spiro atoms. The lowest BCUT2D eigenvalue weighted by atomic mass is 9.83. The molecule has 1 saturated heterocycles. The van der Waals surface area contributed by atoms with E-state index in [0.29, 0.717) is 11.6 Å². The zero-order valence-corrected chi connectivity index (χ0v) is 15.5. The first-order valence-corrected chi connectivity index (χ1v) is 9.07. The Bertz CT molecular complexity index is 721. The number of nitrogens with one attached hydrogen (secondary N) is 2. The van der Waals surface area contributed by atoms with Crippen LogP contribution in [0.4, 0.5) is 0 Å². The van der Waals surface area contributed by atoms with Gasteiger partial charge in [0.2, 0.25) is 5.91 Å². The minimum atomic E-state index is -0.612. The molecule has 134 valence electrons. The van der Waals surface area contributed by atoms with Crippen molar-refractivity contribution in [2.75, 3.05) is 19.6 Å². The topological polar surface area (TPSA) is 59.0 Å². The van der Waals surface area contributed by atoms with Crippen LogP contribution in [0.25, 0.3) is 0 Å². The summed E-state index contributed by atoms with van der Waals surface area (Å²) in [6.45, 7) is 6.39. The molecule has 1 aliphatic rings. The SMILES string of the molecule is CC(C)(CNC(=O)C1(n2cccn2)CCNCC1)c1cccc(Cl)c1. The highest BCUT2D eigenvalue weighted by atomic mass is 35.5. The van der Waals surface area contributed by atoms with Crippen molar-refractivity contribution in [2.24, 2.45) is 0 Å². The third-order valence-electron chi connectivity index (χ3n) is 5.09. The lowest BCUT2D eigenvalue weighted by Crippen LogP contribution is -2.56. The van der Waals surface area contributed by atoms with Gasteiger partial charge in [-0.25, -0.2) is 0 Å². The van der Waals surface area contributed by atoms with Gasteiger partial charge >= 0.3 is 0 Å². The third-order valence-corrected chi connectivity index (χ3v) is 5.33. The molecule has 1 aromatic heterocycles. The quantitative estimate of drug-likeness (QED) is 0.861. The normalized spacial score (nSPS) is 17.2. The van der Waals surface area contributed by atoms with Crippen LogP contribution < -0.4 is 10.6 Å². The van der Waals surface area contributed by atoms with Gasteiger partial charge in [0.1, 0.15) is 5.54 Å². The van der Waals surface area contributed by atoms with Gasteiger partial charge in [0.05, 0.1) is 0 Å². The van der Waals surface area contributed by atoms with E-state index in [1.807, 2.05) is 41.2 Å². The Hall–Kier alpha value is -1.85. The predicted octanol–water partition coefficient (Wildman–Crippen LogP) is 2.71. The highest BCUT2D eigenvalue weighted by molar-refractivity contribution is 6.30. The van der Waals surface area contributed by atoms with Crippen LogP contribution in [0.3, 0.4) is 0 Å². The van der Waals surface area contributed by atoms with Crippen LogP contribution in [0.15, 0.2) is 42.7 Å². The Balaban J connectivity index is 1.76. The van der Waals surface area contributed by atoms with Gasteiger partial charge in [-0.1, -0.05) is 37.6 Å². The lowest BCUT2D eigenvalue weighted by Gasteiger charge is -2.37. The summed E-state index contributed by atoms with van der Waals surface area (Å²) in [6.07, 6.45) is 5.08. The molecule has 1 amide bonds. The van der Waals surface area contributed by atoms with Crippen LogP contribution in [-0.2, 0) is 15.7 Å². The van der Waals surface area contributed by atoms with Gasteiger partial charge in [-0.2, -0.15) is 5.10 Å². The first-order chi connectivity index (χ1) is 11.9. The summed E-state index contributed by atoms with van der Waals surface area (Å²) >= 11 is 6.12. The first-order valence-electron chi connectivity index (χ1n) is 8.69. The summed E-state index contributed by atoms with van der Waals surface area (Å²) in [6, 6.07) is 9.68. The predicted molar refractivity (Wildman–Crippen MR) is 99.8 cm³/mol. The molecule has 0 bridgehead atoms. The summed E-state index contributed by atoms with van der Waals surface area (Å²) in [5.41, 5.74) is 0.288. The van der Waals surface area contributed by atoms with E-state index < -0.39 is 5.54 Å². The summed E-state index contributed by atoms with van der Waals surface area (Å²) in [4.78, 5) is 13.1. The molecule has 0 unspecified atom stereocenters. The number of piperidine rings is 1. The molecule has 5 nitrogen and oxygen atoms in total. The van der Waals surface area contributed by atoms with E-state index in [1.54, 1.807) is 6.20 Å². The van der Waals surface area contributed by atoms with Crippen molar-refractivity contribution in [3.8, 4) is 0 Å². The molecule has 2 N–H and O–H groups in total. The first kappa shape index (κ1) is 18.0. The maximum absolute atomic E-state index is 13.1. The summed E-state index contributed by atoms with van der Waals surface area (Å²) < 4.78 is 1.82. The summed E-state index contributed by atoms with van der Waals surface area (Å²) in [5, 5.41) is 11.6. The van der Waals surface area contributed by atoms with Crippen LogP contribution in [0, 0.1) is 0 Å². The van der Waals surface area contributed by atoms with E-state index in [-0.39, 0.29) is 11.3 Å². The van der Waals surface area contributed by atoms with Crippen LogP contribution in [0.1, 0.15) is 32.3 Å². The number of rotatable bonds is 5. The second-order valence-corrected chi connectivity index (χ2v) is 7.75. The summed E-state index contributed by atoms with van der Waals surface area (Å²) in [7, 11) is 0. The molecular weight excluding hydrogens is 336 g/mol. The molecule has 6 heteroatoms. The lowest BCUT2D eigenvalue weighted by molar-refractivity contribution is -0.132.